The van der Waals surface area contributed by atoms with E-state index in [0.717, 1.165) is 37.2 Å². The molecule has 1 aromatic rings. The highest BCUT2D eigenvalue weighted by molar-refractivity contribution is 7.09. The first kappa shape index (κ1) is 46.1. The average Bonchev–Trinajstić information content (AvgIpc) is 3.42. The molecule has 0 spiro atoms. The van der Waals surface area contributed by atoms with Gasteiger partial charge in [0.1, 0.15) is 17.7 Å². The largest absolute Gasteiger partial charge is 0.464 e. The zero-order chi connectivity index (χ0) is 33.7. The second-order valence-corrected chi connectivity index (χ2v) is 11.0. The summed E-state index contributed by atoms with van der Waals surface area (Å²) < 4.78 is 9.33. The Morgan fingerprint density at radius 3 is 1.81 bits per heavy atom. The maximum Gasteiger partial charge on any atom is 0.353 e. The SMILES string of the molecule is C=C(NC(=O)c1csc(CCC)n1)C(=O)NC(=C)C(=O)OC.CC=O.CCCC.CCCC(C)CC.COC(C)(C)C. The number of thiazole rings is 1. The summed E-state index contributed by atoms with van der Waals surface area (Å²) in [6.45, 7) is 27.5. The summed E-state index contributed by atoms with van der Waals surface area (Å²) in [6, 6.07) is 0. The quantitative estimate of drug-likeness (QED) is 0.151. The Morgan fingerprint density at radius 1 is 0.976 bits per heavy atom. The summed E-state index contributed by atoms with van der Waals surface area (Å²) in [6.07, 6.45) is 9.19. The summed E-state index contributed by atoms with van der Waals surface area (Å²) in [5.74, 6) is -1.13. The Bertz CT molecular complexity index is 889. The summed E-state index contributed by atoms with van der Waals surface area (Å²) in [4.78, 5) is 47.7. The molecule has 10 heteroatoms. The molecule has 0 radical (unpaired) electrons. The number of hydrogen-bond acceptors (Lipinski definition) is 8. The normalized spacial score (nSPS) is 10.2. The van der Waals surface area contributed by atoms with E-state index in [1.165, 1.54) is 50.4 Å². The van der Waals surface area contributed by atoms with Crippen LogP contribution >= 0.6 is 11.3 Å². The van der Waals surface area contributed by atoms with E-state index >= 15 is 0 Å². The van der Waals surface area contributed by atoms with Gasteiger partial charge in [-0.1, -0.05) is 86.8 Å². The first-order valence-corrected chi connectivity index (χ1v) is 15.4. The van der Waals surface area contributed by atoms with Gasteiger partial charge < -0.3 is 24.9 Å². The van der Waals surface area contributed by atoms with Crippen molar-refractivity contribution in [1.82, 2.24) is 15.6 Å². The molecule has 1 heterocycles. The summed E-state index contributed by atoms with van der Waals surface area (Å²) in [7, 11) is 2.87. The van der Waals surface area contributed by atoms with Crippen molar-refractivity contribution in [3.05, 3.63) is 40.6 Å². The molecule has 2 N–H and O–H groups in total. The molecule has 0 aliphatic carbocycles. The molecule has 244 valence electrons. The van der Waals surface area contributed by atoms with Gasteiger partial charge in [0.2, 0.25) is 0 Å². The molecule has 0 saturated carbocycles. The number of nitrogens with one attached hydrogen (secondary N) is 2. The molecule has 42 heavy (non-hydrogen) atoms. The van der Waals surface area contributed by atoms with Crippen molar-refractivity contribution in [3.63, 3.8) is 0 Å². The van der Waals surface area contributed by atoms with Gasteiger partial charge in [-0.25, -0.2) is 9.78 Å². The number of aldehydes is 1. The molecule has 1 atom stereocenters. The second kappa shape index (κ2) is 29.6. The molecule has 1 unspecified atom stereocenters. The highest BCUT2D eigenvalue weighted by Gasteiger charge is 2.17. The molecule has 0 fully saturated rings. The van der Waals surface area contributed by atoms with E-state index in [-0.39, 0.29) is 22.7 Å². The lowest BCUT2D eigenvalue weighted by molar-refractivity contribution is -0.137. The maximum absolute atomic E-state index is 11.9. The number of ether oxygens (including phenoxy) is 2. The Kier molecular flexibility index (Phi) is 32.5. The molecular formula is C32H59N3O6S. The number of amides is 2. The summed E-state index contributed by atoms with van der Waals surface area (Å²) in [5, 5.41) is 6.95. The Labute approximate surface area is 259 Å². The molecule has 0 aromatic carbocycles. The van der Waals surface area contributed by atoms with E-state index in [0.29, 0.717) is 0 Å². The van der Waals surface area contributed by atoms with Crippen molar-refractivity contribution in [1.29, 1.82) is 0 Å². The summed E-state index contributed by atoms with van der Waals surface area (Å²) >= 11 is 1.38. The van der Waals surface area contributed by atoms with E-state index in [4.69, 9.17) is 9.53 Å². The molecule has 2 amide bonds. The number of aryl methyl sites for hydroxylation is 1. The van der Waals surface area contributed by atoms with Crippen LogP contribution in [0.4, 0.5) is 0 Å². The van der Waals surface area contributed by atoms with Gasteiger partial charge in [0.25, 0.3) is 11.8 Å². The third kappa shape index (κ3) is 30.1. The number of esters is 1. The standard InChI is InChI=1S/C14H17N3O4S.C7H16.C5H12O.C4H10.C2H4O/c1-5-6-11-17-10(7-22-11)13(19)15-8(2)12(18)16-9(3)14(20)21-4;1-4-6-7(3)5-2;1-5(2,3)6-4;1-3-4-2;1-2-3/h7H,2-3,5-6H2,1,4H3,(H,15,19)(H,16,18);7H,4-6H2,1-3H3;1-4H3;3-4H2,1-2H3;2H,1H3. The predicted octanol–water partition coefficient (Wildman–Crippen LogP) is 7.42. The maximum atomic E-state index is 11.9. The van der Waals surface area contributed by atoms with Crippen LogP contribution in [0.15, 0.2) is 29.9 Å². The Balaban J connectivity index is -0.000000293. The first-order valence-electron chi connectivity index (χ1n) is 14.6. The van der Waals surface area contributed by atoms with Gasteiger partial charge in [0.05, 0.1) is 23.4 Å². The minimum atomic E-state index is -0.781. The van der Waals surface area contributed by atoms with E-state index in [9.17, 15) is 14.4 Å². The van der Waals surface area contributed by atoms with Gasteiger partial charge in [-0.2, -0.15) is 0 Å². The topological polar surface area (TPSA) is 124 Å². The highest BCUT2D eigenvalue weighted by atomic mass is 32.1. The number of nitrogens with zero attached hydrogens (tertiary/aromatic N) is 1. The van der Waals surface area contributed by atoms with E-state index in [2.05, 4.69) is 68.1 Å². The van der Waals surface area contributed by atoms with Crippen LogP contribution in [-0.2, 0) is 30.3 Å². The molecule has 0 saturated heterocycles. The lowest BCUT2D eigenvalue weighted by atomic mass is 10.0. The molecule has 1 aromatic heterocycles. The third-order valence-electron chi connectivity index (χ3n) is 5.07. The fraction of sp³-hybridized carbons (Fsp3) is 0.656. The van der Waals surface area contributed by atoms with Gasteiger partial charge in [-0.15, -0.1) is 11.3 Å². The predicted molar refractivity (Wildman–Crippen MR) is 175 cm³/mol. The fourth-order valence-corrected chi connectivity index (χ4v) is 2.97. The number of carbonyl (C=O) groups is 4. The van der Waals surface area contributed by atoms with Crippen LogP contribution in [0.5, 0.6) is 0 Å². The van der Waals surface area contributed by atoms with Crippen molar-refractivity contribution in [3.8, 4) is 0 Å². The first-order chi connectivity index (χ1) is 19.6. The lowest BCUT2D eigenvalue weighted by Gasteiger charge is -2.14. The van der Waals surface area contributed by atoms with Crippen LogP contribution in [0.1, 0.15) is 123 Å². The zero-order valence-corrected chi connectivity index (χ0v) is 29.2. The van der Waals surface area contributed by atoms with Crippen molar-refractivity contribution in [2.24, 2.45) is 5.92 Å². The third-order valence-corrected chi connectivity index (χ3v) is 5.98. The minimum Gasteiger partial charge on any atom is -0.464 e. The van der Waals surface area contributed by atoms with E-state index in [1.54, 1.807) is 12.5 Å². The van der Waals surface area contributed by atoms with Crippen LogP contribution in [0, 0.1) is 5.92 Å². The van der Waals surface area contributed by atoms with Gasteiger partial charge >= 0.3 is 5.97 Å². The lowest BCUT2D eigenvalue weighted by Crippen LogP contribution is -2.35. The molecule has 0 aliphatic rings. The smallest absolute Gasteiger partial charge is 0.353 e. The van der Waals surface area contributed by atoms with E-state index < -0.39 is 17.8 Å². The molecule has 0 aliphatic heterocycles. The average molecular weight is 614 g/mol. The number of carbonyl (C=O) groups excluding carboxylic acids is 4. The highest BCUT2D eigenvalue weighted by Crippen LogP contribution is 2.12. The van der Waals surface area contributed by atoms with Crippen molar-refractivity contribution >= 4 is 35.4 Å². The number of hydrogen-bond donors (Lipinski definition) is 2. The second-order valence-electron chi connectivity index (χ2n) is 10.1. The van der Waals surface area contributed by atoms with Crippen LogP contribution in [0.3, 0.4) is 0 Å². The summed E-state index contributed by atoms with van der Waals surface area (Å²) in [5.41, 5.74) is -0.212. The van der Waals surface area contributed by atoms with E-state index in [1.807, 2.05) is 27.7 Å². The fourth-order valence-electron chi connectivity index (χ4n) is 2.09. The zero-order valence-electron chi connectivity index (χ0n) is 28.4. The molecule has 1 rings (SSSR count). The van der Waals surface area contributed by atoms with Crippen LogP contribution in [0.25, 0.3) is 0 Å². The molecule has 9 nitrogen and oxygen atoms in total. The molecular weight excluding hydrogens is 554 g/mol. The van der Waals surface area contributed by atoms with Crippen LogP contribution in [-0.4, -0.2) is 48.9 Å². The van der Waals surface area contributed by atoms with Gasteiger partial charge in [0.15, 0.2) is 0 Å². The number of unbranched alkanes of at least 4 members (excludes halogenated alkanes) is 1. The van der Waals surface area contributed by atoms with Crippen LogP contribution in [0.2, 0.25) is 0 Å². The van der Waals surface area contributed by atoms with Gasteiger partial charge in [-0.05, 0) is 46.5 Å². The van der Waals surface area contributed by atoms with Gasteiger partial charge in [-0.3, -0.25) is 9.59 Å². The Morgan fingerprint density at radius 2 is 1.48 bits per heavy atom. The minimum absolute atomic E-state index is 0.0417. The van der Waals surface area contributed by atoms with Crippen molar-refractivity contribution < 1.29 is 28.7 Å². The number of methoxy groups -OCH3 is 2. The van der Waals surface area contributed by atoms with Crippen molar-refractivity contribution in [2.75, 3.05) is 14.2 Å². The monoisotopic (exact) mass is 613 g/mol. The van der Waals surface area contributed by atoms with Crippen LogP contribution < -0.4 is 10.6 Å². The van der Waals surface area contributed by atoms with Gasteiger partial charge in [0, 0.05) is 12.5 Å². The molecule has 0 bridgehead atoms. The van der Waals surface area contributed by atoms with Crippen molar-refractivity contribution in [2.45, 2.75) is 120 Å². The number of rotatable bonds is 11. The Hall–Kier alpha value is -2.85. The number of aromatic nitrogens is 1.